The Labute approximate surface area is 204 Å². The van der Waals surface area contributed by atoms with E-state index < -0.39 is 11.6 Å². The van der Waals surface area contributed by atoms with Crippen LogP contribution in [0.1, 0.15) is 16.8 Å². The van der Waals surface area contributed by atoms with Gasteiger partial charge in [-0.05, 0) is 36.8 Å². The van der Waals surface area contributed by atoms with Crippen LogP contribution >= 0.6 is 11.6 Å². The number of rotatable bonds is 6. The quantitative estimate of drug-likeness (QED) is 0.388. The number of nitrogens with zero attached hydrogens (tertiary/aromatic N) is 4. The molecule has 0 bridgehead atoms. The predicted octanol–water partition coefficient (Wildman–Crippen LogP) is 4.60. The van der Waals surface area contributed by atoms with Crippen molar-refractivity contribution >= 4 is 28.4 Å². The van der Waals surface area contributed by atoms with Crippen LogP contribution in [0.5, 0.6) is 5.75 Å². The van der Waals surface area contributed by atoms with E-state index in [1.165, 1.54) is 23.0 Å². The van der Waals surface area contributed by atoms with Crippen molar-refractivity contribution in [3.8, 4) is 11.4 Å². The van der Waals surface area contributed by atoms with E-state index in [2.05, 4.69) is 10.1 Å². The summed E-state index contributed by atoms with van der Waals surface area (Å²) in [5.74, 6) is -0.626. The largest absolute Gasteiger partial charge is 0.487 e. The number of amides is 1. The Kier molecular flexibility index (Phi) is 6.36. The van der Waals surface area contributed by atoms with Gasteiger partial charge in [-0.15, -0.1) is 0 Å². The Balaban J connectivity index is 1.48. The van der Waals surface area contributed by atoms with Crippen LogP contribution in [-0.2, 0) is 22.7 Å². The number of morpholine rings is 1. The highest BCUT2D eigenvalue weighted by Gasteiger charge is 2.22. The van der Waals surface area contributed by atoms with E-state index >= 15 is 0 Å². The standard InChI is InChI=1S/C25H21ClF2N4O3/c1-15-7-22(32-12-18(28)10-29-32)19-3-2-4-23(25(19)30-15)35-13-20-16(8-17(27)9-21(20)26)11-31-5-6-34-14-24(31)33/h2-4,7-10,12H,5-6,11,13-14H2,1H3. The number of aryl methyl sites for hydroxylation is 1. The van der Waals surface area contributed by atoms with Crippen molar-refractivity contribution in [1.82, 2.24) is 19.7 Å². The first-order valence-corrected chi connectivity index (χ1v) is 11.3. The van der Waals surface area contributed by atoms with Gasteiger partial charge in [0.2, 0.25) is 5.91 Å². The number of ether oxygens (including phenoxy) is 2. The lowest BCUT2D eigenvalue weighted by Gasteiger charge is -2.28. The Hall–Kier alpha value is -3.56. The van der Waals surface area contributed by atoms with Crippen LogP contribution < -0.4 is 4.74 Å². The second-order valence-electron chi connectivity index (χ2n) is 8.22. The average Bonchev–Trinajstić information content (AvgIpc) is 3.25. The summed E-state index contributed by atoms with van der Waals surface area (Å²) in [5.41, 5.74) is 3.06. The van der Waals surface area contributed by atoms with Crippen molar-refractivity contribution in [3.05, 3.63) is 82.3 Å². The number of pyridine rings is 1. The summed E-state index contributed by atoms with van der Waals surface area (Å²) in [4.78, 5) is 18.4. The highest BCUT2D eigenvalue weighted by Crippen LogP contribution is 2.31. The number of carbonyl (C=O) groups is 1. The van der Waals surface area contributed by atoms with E-state index in [1.54, 1.807) is 17.0 Å². The van der Waals surface area contributed by atoms with Gasteiger partial charge in [0.15, 0.2) is 5.82 Å². The van der Waals surface area contributed by atoms with Gasteiger partial charge in [-0.25, -0.2) is 18.4 Å². The molecule has 0 radical (unpaired) electrons. The van der Waals surface area contributed by atoms with Gasteiger partial charge in [0.05, 0.1) is 29.7 Å². The Morgan fingerprint density at radius 3 is 2.83 bits per heavy atom. The van der Waals surface area contributed by atoms with Crippen LogP contribution in [0.15, 0.2) is 48.8 Å². The number of hydrogen-bond acceptors (Lipinski definition) is 5. The first-order valence-electron chi connectivity index (χ1n) is 10.9. The smallest absolute Gasteiger partial charge is 0.248 e. The van der Waals surface area contributed by atoms with Gasteiger partial charge in [0, 0.05) is 29.7 Å². The summed E-state index contributed by atoms with van der Waals surface area (Å²) in [7, 11) is 0. The number of benzene rings is 2. The van der Waals surface area contributed by atoms with Crippen LogP contribution in [0.2, 0.25) is 5.02 Å². The monoisotopic (exact) mass is 498 g/mol. The lowest BCUT2D eigenvalue weighted by atomic mass is 10.1. The summed E-state index contributed by atoms with van der Waals surface area (Å²) in [6.07, 6.45) is 2.43. The fourth-order valence-electron chi connectivity index (χ4n) is 4.10. The molecular formula is C25H21ClF2N4O3. The van der Waals surface area contributed by atoms with Crippen molar-refractivity contribution in [2.75, 3.05) is 19.8 Å². The average molecular weight is 499 g/mol. The van der Waals surface area contributed by atoms with Crippen LogP contribution in [0.3, 0.4) is 0 Å². The minimum absolute atomic E-state index is 0.00160. The molecular weight excluding hydrogens is 478 g/mol. The summed E-state index contributed by atoms with van der Waals surface area (Å²) in [5, 5.41) is 5.00. The lowest BCUT2D eigenvalue weighted by Crippen LogP contribution is -2.41. The van der Waals surface area contributed by atoms with Crippen LogP contribution in [0.25, 0.3) is 16.6 Å². The third-order valence-corrected chi connectivity index (χ3v) is 6.11. The van der Waals surface area contributed by atoms with Gasteiger partial charge in [-0.2, -0.15) is 5.10 Å². The van der Waals surface area contributed by atoms with Gasteiger partial charge in [0.25, 0.3) is 0 Å². The summed E-state index contributed by atoms with van der Waals surface area (Å²) >= 11 is 6.40. The zero-order chi connectivity index (χ0) is 24.5. The van der Waals surface area contributed by atoms with Crippen molar-refractivity contribution in [3.63, 3.8) is 0 Å². The SMILES string of the molecule is Cc1cc(-n2cc(F)cn2)c2cccc(OCc3c(Cl)cc(F)cc3CN3CCOCC3=O)c2n1. The zero-order valence-corrected chi connectivity index (χ0v) is 19.6. The molecule has 0 atom stereocenters. The highest BCUT2D eigenvalue weighted by atomic mass is 35.5. The maximum atomic E-state index is 14.2. The number of aromatic nitrogens is 3. The van der Waals surface area contributed by atoms with Crippen molar-refractivity contribution in [2.24, 2.45) is 0 Å². The maximum Gasteiger partial charge on any atom is 0.248 e. The third-order valence-electron chi connectivity index (χ3n) is 5.78. The van der Waals surface area contributed by atoms with Crippen molar-refractivity contribution in [1.29, 1.82) is 0 Å². The molecule has 0 spiro atoms. The minimum Gasteiger partial charge on any atom is -0.487 e. The van der Waals surface area contributed by atoms with Gasteiger partial charge >= 0.3 is 0 Å². The normalized spacial score (nSPS) is 14.1. The molecule has 3 heterocycles. The molecule has 1 aliphatic rings. The van der Waals surface area contributed by atoms with E-state index in [0.29, 0.717) is 46.9 Å². The second-order valence-corrected chi connectivity index (χ2v) is 8.63. The molecule has 4 aromatic rings. The zero-order valence-electron chi connectivity index (χ0n) is 18.8. The number of hydrogen-bond donors (Lipinski definition) is 0. The topological polar surface area (TPSA) is 69.5 Å². The molecule has 1 amide bonds. The second kappa shape index (κ2) is 9.59. The molecule has 7 nitrogen and oxygen atoms in total. The molecule has 0 saturated carbocycles. The number of halogens is 3. The molecule has 2 aromatic carbocycles. The fourth-order valence-corrected chi connectivity index (χ4v) is 4.38. The number of para-hydroxylation sites is 1. The van der Waals surface area contributed by atoms with E-state index in [-0.39, 0.29) is 30.7 Å². The summed E-state index contributed by atoms with van der Waals surface area (Å²) in [6.45, 7) is 2.89. The first-order chi connectivity index (χ1) is 16.9. The molecule has 180 valence electrons. The van der Waals surface area contributed by atoms with Gasteiger partial charge in [0.1, 0.15) is 30.3 Å². The summed E-state index contributed by atoms with van der Waals surface area (Å²) in [6, 6.07) is 9.82. The van der Waals surface area contributed by atoms with Gasteiger partial charge < -0.3 is 14.4 Å². The molecule has 5 rings (SSSR count). The molecule has 1 aliphatic heterocycles. The van der Waals surface area contributed by atoms with Crippen molar-refractivity contribution < 1.29 is 23.0 Å². The number of carbonyl (C=O) groups excluding carboxylic acids is 1. The Morgan fingerprint density at radius 2 is 2.06 bits per heavy atom. The molecule has 0 aliphatic carbocycles. The Bertz CT molecular complexity index is 1430. The van der Waals surface area contributed by atoms with E-state index in [4.69, 9.17) is 21.1 Å². The maximum absolute atomic E-state index is 14.2. The molecule has 2 aromatic heterocycles. The molecule has 10 heteroatoms. The number of fused-ring (bicyclic) bond motifs is 1. The third kappa shape index (κ3) is 4.82. The highest BCUT2D eigenvalue weighted by molar-refractivity contribution is 6.31. The van der Waals surface area contributed by atoms with Crippen LogP contribution in [-0.4, -0.2) is 45.3 Å². The molecule has 0 N–H and O–H groups in total. The molecule has 1 saturated heterocycles. The van der Waals surface area contributed by atoms with Crippen LogP contribution in [0.4, 0.5) is 8.78 Å². The van der Waals surface area contributed by atoms with Crippen molar-refractivity contribution in [2.45, 2.75) is 20.1 Å². The fraction of sp³-hybridized carbons (Fsp3) is 0.240. The summed E-state index contributed by atoms with van der Waals surface area (Å²) < 4.78 is 40.5. The van der Waals surface area contributed by atoms with Gasteiger partial charge in [-0.1, -0.05) is 23.7 Å². The minimum atomic E-state index is -0.493. The molecule has 35 heavy (non-hydrogen) atoms. The predicted molar refractivity (Wildman–Crippen MR) is 126 cm³/mol. The lowest BCUT2D eigenvalue weighted by molar-refractivity contribution is -0.143. The van der Waals surface area contributed by atoms with E-state index in [1.807, 2.05) is 19.1 Å². The first kappa shape index (κ1) is 23.2. The van der Waals surface area contributed by atoms with E-state index in [0.717, 1.165) is 11.6 Å². The Morgan fingerprint density at radius 1 is 1.20 bits per heavy atom. The van der Waals surface area contributed by atoms with E-state index in [9.17, 15) is 13.6 Å². The molecule has 1 fully saturated rings. The molecule has 0 unspecified atom stereocenters. The van der Waals surface area contributed by atoms with Crippen LogP contribution in [0, 0.1) is 18.6 Å². The van der Waals surface area contributed by atoms with Gasteiger partial charge in [-0.3, -0.25) is 4.79 Å².